The summed E-state index contributed by atoms with van der Waals surface area (Å²) in [6.45, 7) is 2.01. The van der Waals surface area contributed by atoms with Crippen LogP contribution in [0, 0.1) is 0 Å². The van der Waals surface area contributed by atoms with Crippen LogP contribution in [0.5, 0.6) is 0 Å². The number of ether oxygens (including phenoxy) is 1. The summed E-state index contributed by atoms with van der Waals surface area (Å²) in [5.74, 6) is -1.52. The van der Waals surface area contributed by atoms with Crippen molar-refractivity contribution in [3.05, 3.63) is 67.5 Å². The highest BCUT2D eigenvalue weighted by Crippen LogP contribution is 2.24. The summed E-state index contributed by atoms with van der Waals surface area (Å²) in [6, 6.07) is 5.41. The van der Waals surface area contributed by atoms with Crippen LogP contribution in [0.4, 0.5) is 0 Å². The van der Waals surface area contributed by atoms with E-state index in [1.54, 1.807) is 0 Å². The molecule has 9 nitrogen and oxygen atoms in total. The van der Waals surface area contributed by atoms with Crippen LogP contribution in [0.15, 0.2) is 33.9 Å². The summed E-state index contributed by atoms with van der Waals surface area (Å²) in [6.07, 6.45) is 1.55. The summed E-state index contributed by atoms with van der Waals surface area (Å²) >= 11 is 0. The number of hydrogen-bond acceptors (Lipinski definition) is 6. The second-order valence-electron chi connectivity index (χ2n) is 6.83. The van der Waals surface area contributed by atoms with Gasteiger partial charge in [0.1, 0.15) is 6.61 Å². The zero-order valence-electron chi connectivity index (χ0n) is 16.4. The Balaban J connectivity index is 1.79. The molecule has 0 saturated heterocycles. The average molecular weight is 399 g/mol. The highest BCUT2D eigenvalue weighted by atomic mass is 16.5. The van der Waals surface area contributed by atoms with E-state index in [-0.39, 0.29) is 34.9 Å². The van der Waals surface area contributed by atoms with Crippen LogP contribution in [0.1, 0.15) is 56.5 Å². The minimum atomic E-state index is -0.729. The number of benzene rings is 1. The van der Waals surface area contributed by atoms with Gasteiger partial charge in [0.25, 0.3) is 17.4 Å². The van der Waals surface area contributed by atoms with Crippen LogP contribution in [0.2, 0.25) is 0 Å². The molecule has 0 fully saturated rings. The Labute approximate surface area is 166 Å². The Morgan fingerprint density at radius 3 is 2.34 bits per heavy atom. The molecule has 1 aliphatic rings. The first-order valence-corrected chi connectivity index (χ1v) is 9.19. The minimum absolute atomic E-state index is 0.107. The lowest BCUT2D eigenvalue weighted by Gasteiger charge is -2.12. The van der Waals surface area contributed by atoms with Crippen molar-refractivity contribution in [1.29, 1.82) is 0 Å². The van der Waals surface area contributed by atoms with E-state index in [0.29, 0.717) is 13.0 Å². The number of aromatic nitrogens is 2. The van der Waals surface area contributed by atoms with Gasteiger partial charge in [-0.05, 0) is 24.6 Å². The Morgan fingerprint density at radius 2 is 1.66 bits per heavy atom. The third-order valence-corrected chi connectivity index (χ3v) is 4.92. The van der Waals surface area contributed by atoms with Crippen LogP contribution >= 0.6 is 0 Å². The monoisotopic (exact) mass is 399 g/mol. The highest BCUT2D eigenvalue weighted by molar-refractivity contribution is 6.21. The summed E-state index contributed by atoms with van der Waals surface area (Å²) in [5, 5.41) is 0. The Hall–Kier alpha value is -3.49. The number of imide groups is 1. The number of unbranched alkanes of at least 4 members (excludes halogenated alkanes) is 1. The molecule has 29 heavy (non-hydrogen) atoms. The number of carbonyl (C=O) groups is 3. The lowest BCUT2D eigenvalue weighted by atomic mass is 10.1. The van der Waals surface area contributed by atoms with E-state index in [2.05, 4.69) is 0 Å². The summed E-state index contributed by atoms with van der Waals surface area (Å²) in [7, 11) is 2.82. The lowest BCUT2D eigenvalue weighted by molar-refractivity contribution is 0.0462. The fraction of sp³-hybridized carbons (Fsp3) is 0.350. The molecule has 2 aromatic rings. The zero-order chi connectivity index (χ0) is 21.3. The number of esters is 1. The van der Waals surface area contributed by atoms with Crippen molar-refractivity contribution in [2.24, 2.45) is 14.1 Å². The van der Waals surface area contributed by atoms with E-state index in [9.17, 15) is 24.0 Å². The van der Waals surface area contributed by atoms with Gasteiger partial charge in [0.15, 0.2) is 0 Å². The largest absolute Gasteiger partial charge is 0.456 e. The van der Waals surface area contributed by atoms with Gasteiger partial charge in [-0.25, -0.2) is 9.59 Å². The predicted octanol–water partition coefficient (Wildman–Crippen LogP) is 0.837. The SMILES string of the molecule is CCCCN1C(=O)c2ccc(C(=O)OCc3cc(=O)n(C)c(=O)n3C)cc2C1=O. The van der Waals surface area contributed by atoms with Crippen LogP contribution in [-0.2, 0) is 25.4 Å². The smallest absolute Gasteiger partial charge is 0.338 e. The second kappa shape index (κ2) is 7.86. The van der Waals surface area contributed by atoms with E-state index < -0.39 is 23.1 Å². The average Bonchev–Trinajstić information content (AvgIpc) is 2.95. The molecule has 3 rings (SSSR count). The van der Waals surface area contributed by atoms with E-state index in [1.807, 2.05) is 6.92 Å². The minimum Gasteiger partial charge on any atom is -0.456 e. The summed E-state index contributed by atoms with van der Waals surface area (Å²) in [5.41, 5.74) is -0.260. The molecule has 0 N–H and O–H groups in total. The molecule has 0 aliphatic carbocycles. The first-order valence-electron chi connectivity index (χ1n) is 9.19. The van der Waals surface area contributed by atoms with Gasteiger partial charge < -0.3 is 4.74 Å². The molecule has 9 heteroatoms. The second-order valence-corrected chi connectivity index (χ2v) is 6.83. The number of rotatable bonds is 6. The van der Waals surface area contributed by atoms with Crippen molar-refractivity contribution in [1.82, 2.24) is 14.0 Å². The first kappa shape index (κ1) is 20.2. The molecule has 0 unspecified atom stereocenters. The topological polar surface area (TPSA) is 108 Å². The third-order valence-electron chi connectivity index (χ3n) is 4.92. The fourth-order valence-electron chi connectivity index (χ4n) is 3.08. The van der Waals surface area contributed by atoms with Gasteiger partial charge >= 0.3 is 11.7 Å². The lowest BCUT2D eigenvalue weighted by Crippen LogP contribution is -2.38. The maximum atomic E-state index is 12.5. The predicted molar refractivity (Wildman–Crippen MR) is 103 cm³/mol. The number of amides is 2. The van der Waals surface area contributed by atoms with E-state index in [4.69, 9.17) is 4.74 Å². The normalized spacial score (nSPS) is 13.0. The first-order chi connectivity index (χ1) is 13.8. The van der Waals surface area contributed by atoms with Crippen LogP contribution < -0.4 is 11.2 Å². The maximum absolute atomic E-state index is 12.5. The van der Waals surface area contributed by atoms with Gasteiger partial charge in [-0.1, -0.05) is 13.3 Å². The molecule has 0 saturated carbocycles. The number of hydrogen-bond donors (Lipinski definition) is 0. The van der Waals surface area contributed by atoms with Crippen molar-refractivity contribution >= 4 is 17.8 Å². The fourth-order valence-corrected chi connectivity index (χ4v) is 3.08. The molecule has 152 valence electrons. The van der Waals surface area contributed by atoms with E-state index >= 15 is 0 Å². The summed E-state index contributed by atoms with van der Waals surface area (Å²) < 4.78 is 7.36. The number of carbonyl (C=O) groups excluding carboxylic acids is 3. The highest BCUT2D eigenvalue weighted by Gasteiger charge is 2.35. The molecule has 1 aliphatic heterocycles. The number of nitrogens with zero attached hydrogens (tertiary/aromatic N) is 3. The van der Waals surface area contributed by atoms with E-state index in [0.717, 1.165) is 11.0 Å². The van der Waals surface area contributed by atoms with Gasteiger partial charge in [-0.15, -0.1) is 0 Å². The van der Waals surface area contributed by atoms with Crippen molar-refractivity contribution in [3.8, 4) is 0 Å². The molecular weight excluding hydrogens is 378 g/mol. The van der Waals surface area contributed by atoms with Crippen molar-refractivity contribution in [3.63, 3.8) is 0 Å². The van der Waals surface area contributed by atoms with E-state index in [1.165, 1.54) is 47.8 Å². The standard InChI is InChI=1S/C20H21N3O6/c1-4-5-8-23-17(25)14-7-6-12(9-15(14)18(23)26)19(27)29-11-13-10-16(24)22(3)20(28)21(13)2/h6-7,9-10H,4-5,8,11H2,1-3H3. The number of fused-ring (bicyclic) bond motifs is 1. The van der Waals surface area contributed by atoms with Crippen molar-refractivity contribution in [2.45, 2.75) is 26.4 Å². The van der Waals surface area contributed by atoms with Gasteiger partial charge in [0, 0.05) is 26.7 Å². The Bertz CT molecular complexity index is 1130. The third kappa shape index (κ3) is 3.63. The Kier molecular flexibility index (Phi) is 5.49. The van der Waals surface area contributed by atoms with Gasteiger partial charge in [0.05, 0.1) is 22.4 Å². The molecule has 1 aromatic heterocycles. The molecule has 0 bridgehead atoms. The summed E-state index contributed by atoms with van der Waals surface area (Å²) in [4.78, 5) is 62.1. The molecule has 1 aromatic carbocycles. The molecule has 0 radical (unpaired) electrons. The molecule has 2 heterocycles. The zero-order valence-corrected chi connectivity index (χ0v) is 16.4. The molecule has 0 atom stereocenters. The van der Waals surface area contributed by atoms with Gasteiger partial charge in [-0.3, -0.25) is 28.4 Å². The van der Waals surface area contributed by atoms with Crippen LogP contribution in [0.3, 0.4) is 0 Å². The molecular formula is C20H21N3O6. The van der Waals surface area contributed by atoms with Gasteiger partial charge in [0.2, 0.25) is 0 Å². The van der Waals surface area contributed by atoms with Crippen LogP contribution in [0.25, 0.3) is 0 Å². The Morgan fingerprint density at radius 1 is 0.966 bits per heavy atom. The van der Waals surface area contributed by atoms with Crippen molar-refractivity contribution in [2.75, 3.05) is 6.54 Å². The molecule has 2 amide bonds. The maximum Gasteiger partial charge on any atom is 0.338 e. The molecule has 0 spiro atoms. The van der Waals surface area contributed by atoms with Gasteiger partial charge in [-0.2, -0.15) is 0 Å². The van der Waals surface area contributed by atoms with Crippen LogP contribution in [-0.4, -0.2) is 38.4 Å². The van der Waals surface area contributed by atoms with Crippen molar-refractivity contribution < 1.29 is 19.1 Å². The quantitative estimate of drug-likeness (QED) is 0.526.